The molecule has 1 aromatic heterocycles. The largest absolute Gasteiger partial charge is 0.337 e. The van der Waals surface area contributed by atoms with Crippen molar-refractivity contribution in [3.05, 3.63) is 89.1 Å². The van der Waals surface area contributed by atoms with E-state index in [0.717, 1.165) is 4.90 Å². The normalized spacial score (nSPS) is 17.0. The van der Waals surface area contributed by atoms with Crippen molar-refractivity contribution >= 4 is 45.8 Å². The minimum absolute atomic E-state index is 0.134. The summed E-state index contributed by atoms with van der Waals surface area (Å²) in [4.78, 5) is 39.6. The van der Waals surface area contributed by atoms with Crippen molar-refractivity contribution in [3.8, 4) is 11.1 Å². The third-order valence-electron chi connectivity index (χ3n) is 6.82. The molecule has 0 spiro atoms. The first-order valence-electron chi connectivity index (χ1n) is 12.2. The fourth-order valence-corrected chi connectivity index (χ4v) is 5.19. The maximum Gasteiger partial charge on any atom is 0.247 e. The second-order valence-corrected chi connectivity index (χ2v) is 9.83. The van der Waals surface area contributed by atoms with E-state index in [1.807, 2.05) is 0 Å². The topological polar surface area (TPSA) is 71.4 Å². The number of rotatable bonds is 6. The van der Waals surface area contributed by atoms with E-state index < -0.39 is 35.7 Å². The molecule has 10 heteroatoms. The highest BCUT2D eigenvalue weighted by Gasteiger charge is 2.40. The van der Waals surface area contributed by atoms with Crippen LogP contribution >= 0.6 is 11.6 Å². The summed E-state index contributed by atoms with van der Waals surface area (Å²) in [5, 5.41) is 3.30. The van der Waals surface area contributed by atoms with Gasteiger partial charge in [-0.05, 0) is 37.3 Å². The lowest BCUT2D eigenvalue weighted by Crippen LogP contribution is -2.44. The minimum Gasteiger partial charge on any atom is -0.337 e. The number of aromatic nitrogens is 1. The highest BCUT2D eigenvalue weighted by atomic mass is 35.5. The lowest BCUT2D eigenvalue weighted by atomic mass is 10.0. The molecule has 1 fully saturated rings. The van der Waals surface area contributed by atoms with E-state index in [9.17, 15) is 23.2 Å². The Bertz CT molecular complexity index is 1620. The monoisotopic (exact) mass is 553 g/mol. The van der Waals surface area contributed by atoms with Crippen molar-refractivity contribution in [1.29, 1.82) is 0 Å². The first-order chi connectivity index (χ1) is 18.6. The molecular weight excluding hydrogens is 531 g/mol. The molecular formula is C29H23ClF3N3O3. The van der Waals surface area contributed by atoms with Gasteiger partial charge in [0.15, 0.2) is 11.6 Å². The molecule has 6 nitrogen and oxygen atoms in total. The summed E-state index contributed by atoms with van der Waals surface area (Å²) in [5.74, 6) is -2.87. The maximum atomic E-state index is 15.4. The van der Waals surface area contributed by atoms with E-state index in [4.69, 9.17) is 11.6 Å². The van der Waals surface area contributed by atoms with E-state index in [1.54, 1.807) is 30.3 Å². The molecule has 0 saturated carbocycles. The van der Waals surface area contributed by atoms with Crippen LogP contribution in [0.3, 0.4) is 0 Å². The van der Waals surface area contributed by atoms with Gasteiger partial charge in [0.1, 0.15) is 24.6 Å². The van der Waals surface area contributed by atoms with E-state index >= 15 is 4.39 Å². The average molecular weight is 554 g/mol. The number of nitrogens with zero attached hydrogens (tertiary/aromatic N) is 2. The molecule has 1 saturated heterocycles. The van der Waals surface area contributed by atoms with Crippen molar-refractivity contribution in [1.82, 2.24) is 9.47 Å². The van der Waals surface area contributed by atoms with Gasteiger partial charge in [0.05, 0.1) is 17.7 Å². The Morgan fingerprint density at radius 2 is 1.77 bits per heavy atom. The van der Waals surface area contributed by atoms with Gasteiger partial charge in [-0.15, -0.1) is 0 Å². The van der Waals surface area contributed by atoms with Crippen LogP contribution in [0.4, 0.5) is 18.9 Å². The smallest absolute Gasteiger partial charge is 0.247 e. The summed E-state index contributed by atoms with van der Waals surface area (Å²) < 4.78 is 45.2. The number of hydrogen-bond donors (Lipinski definition) is 1. The average Bonchev–Trinajstić information content (AvgIpc) is 3.46. The van der Waals surface area contributed by atoms with Crippen molar-refractivity contribution in [2.24, 2.45) is 0 Å². The van der Waals surface area contributed by atoms with Crippen LogP contribution in [-0.2, 0) is 16.1 Å². The fourth-order valence-electron chi connectivity index (χ4n) is 4.95. The third kappa shape index (κ3) is 5.14. The number of carbonyl (C=O) groups is 3. The summed E-state index contributed by atoms with van der Waals surface area (Å²) in [5.41, 5.74) is 1.11. The van der Waals surface area contributed by atoms with Gasteiger partial charge in [-0.3, -0.25) is 14.4 Å². The molecule has 5 rings (SSSR count). The Morgan fingerprint density at radius 1 is 1.03 bits per heavy atom. The second kappa shape index (κ2) is 10.6. The van der Waals surface area contributed by atoms with E-state index in [2.05, 4.69) is 5.32 Å². The highest BCUT2D eigenvalue weighted by Crippen LogP contribution is 2.33. The number of hydrogen-bond acceptors (Lipinski definition) is 3. The molecule has 3 aromatic carbocycles. The zero-order chi connectivity index (χ0) is 27.8. The number of carbonyl (C=O) groups excluding carboxylic acids is 3. The Labute approximate surface area is 227 Å². The highest BCUT2D eigenvalue weighted by molar-refractivity contribution is 6.33. The zero-order valence-corrected chi connectivity index (χ0v) is 21.5. The molecule has 200 valence electrons. The molecule has 2 atom stereocenters. The van der Waals surface area contributed by atoms with Crippen LogP contribution in [0.15, 0.2) is 66.9 Å². The van der Waals surface area contributed by atoms with Gasteiger partial charge in [-0.25, -0.2) is 13.2 Å². The zero-order valence-electron chi connectivity index (χ0n) is 20.8. The number of Topliss-reactive ketones (excluding diaryl/α,β-unsaturated/α-hetero) is 1. The molecule has 39 heavy (non-hydrogen) atoms. The summed E-state index contributed by atoms with van der Waals surface area (Å²) in [6.07, 6.45) is -0.281. The number of nitrogens with one attached hydrogen (secondary N) is 1. The van der Waals surface area contributed by atoms with Crippen molar-refractivity contribution in [2.75, 3.05) is 11.9 Å². The van der Waals surface area contributed by atoms with Crippen LogP contribution < -0.4 is 5.32 Å². The molecule has 2 heterocycles. The lowest BCUT2D eigenvalue weighted by Gasteiger charge is -2.24. The van der Waals surface area contributed by atoms with Crippen molar-refractivity contribution < 1.29 is 27.6 Å². The molecule has 0 unspecified atom stereocenters. The maximum absolute atomic E-state index is 15.4. The Hall–Kier alpha value is -4.11. The molecule has 0 radical (unpaired) electrons. The van der Waals surface area contributed by atoms with Crippen LogP contribution in [0, 0.1) is 11.6 Å². The number of likely N-dealkylation sites (tertiary alicyclic amines) is 1. The number of benzene rings is 3. The van der Waals surface area contributed by atoms with Crippen molar-refractivity contribution in [3.63, 3.8) is 0 Å². The Kier molecular flexibility index (Phi) is 7.18. The standard InChI is InChI=1S/C29H23ClF3N3O3/c1-16(37)22-14-35(25-11-17(31)9-10-20(22)25)15-27(38)36-13-18(32)12-26(36)29(39)34-24-8-4-6-21(28(24)33)19-5-2-3-7-23(19)30/h2-11,14,18,26H,12-13,15H2,1H3,(H,34,39)/t18-,26+/m1/s1. The fraction of sp³-hybridized carbons (Fsp3) is 0.207. The van der Waals surface area contributed by atoms with E-state index in [1.165, 1.54) is 48.0 Å². The molecule has 4 aromatic rings. The minimum atomic E-state index is -1.46. The van der Waals surface area contributed by atoms with E-state index in [0.29, 0.717) is 27.1 Å². The molecule has 2 amide bonds. The van der Waals surface area contributed by atoms with Crippen LogP contribution in [0.5, 0.6) is 0 Å². The van der Waals surface area contributed by atoms with E-state index in [-0.39, 0.29) is 36.5 Å². The molecule has 0 bridgehead atoms. The number of ketones is 1. The predicted octanol–water partition coefficient (Wildman–Crippen LogP) is 6.02. The number of anilines is 1. The second-order valence-electron chi connectivity index (χ2n) is 9.42. The Morgan fingerprint density at radius 3 is 2.51 bits per heavy atom. The number of fused-ring (bicyclic) bond motifs is 1. The van der Waals surface area contributed by atoms with Gasteiger partial charge in [0, 0.05) is 39.7 Å². The third-order valence-corrected chi connectivity index (χ3v) is 7.15. The van der Waals surface area contributed by atoms with Crippen LogP contribution in [0.25, 0.3) is 22.0 Å². The first kappa shape index (κ1) is 26.5. The van der Waals surface area contributed by atoms with Crippen LogP contribution in [0.1, 0.15) is 23.7 Å². The van der Waals surface area contributed by atoms with Gasteiger partial charge >= 0.3 is 0 Å². The molecule has 1 aliphatic rings. The van der Waals surface area contributed by atoms with Crippen LogP contribution in [0.2, 0.25) is 5.02 Å². The summed E-state index contributed by atoms with van der Waals surface area (Å²) in [6.45, 7) is 0.685. The molecule has 0 aliphatic carbocycles. The number of amides is 2. The number of alkyl halides is 1. The predicted molar refractivity (Wildman–Crippen MR) is 142 cm³/mol. The first-order valence-corrected chi connectivity index (χ1v) is 12.6. The van der Waals surface area contributed by atoms with Crippen LogP contribution in [-0.4, -0.2) is 45.8 Å². The Balaban J connectivity index is 1.39. The molecule has 1 N–H and O–H groups in total. The van der Waals surface area contributed by atoms with Gasteiger partial charge < -0.3 is 14.8 Å². The molecule has 1 aliphatic heterocycles. The number of halogens is 4. The quantitative estimate of drug-likeness (QED) is 0.297. The van der Waals surface area contributed by atoms with Gasteiger partial charge in [-0.1, -0.05) is 41.9 Å². The lowest BCUT2D eigenvalue weighted by molar-refractivity contribution is -0.137. The summed E-state index contributed by atoms with van der Waals surface area (Å²) in [6, 6.07) is 13.8. The SMILES string of the molecule is CC(=O)c1cn(CC(=O)N2C[C@H](F)C[C@H]2C(=O)Nc2cccc(-c3ccccc3Cl)c2F)c2cc(F)ccc12. The van der Waals surface area contributed by atoms with Gasteiger partial charge in [0.25, 0.3) is 0 Å². The van der Waals surface area contributed by atoms with Gasteiger partial charge in [0.2, 0.25) is 11.8 Å². The summed E-state index contributed by atoms with van der Waals surface area (Å²) >= 11 is 6.21. The van der Waals surface area contributed by atoms with Crippen molar-refractivity contribution in [2.45, 2.75) is 32.1 Å². The summed E-state index contributed by atoms with van der Waals surface area (Å²) in [7, 11) is 0. The van der Waals surface area contributed by atoms with Gasteiger partial charge in [-0.2, -0.15) is 0 Å².